The zero-order valence-electron chi connectivity index (χ0n) is 19.1. The first-order valence-corrected chi connectivity index (χ1v) is 12.2. The van der Waals surface area contributed by atoms with Gasteiger partial charge in [-0.25, -0.2) is 8.42 Å². The van der Waals surface area contributed by atoms with E-state index in [4.69, 9.17) is 14.2 Å². The first kappa shape index (κ1) is 24.9. The first-order chi connectivity index (χ1) is 16.5. The summed E-state index contributed by atoms with van der Waals surface area (Å²) in [7, 11) is -2.46. The molecule has 0 aliphatic carbocycles. The molecule has 9 heteroatoms. The predicted octanol–water partition coefficient (Wildman–Crippen LogP) is 3.48. The summed E-state index contributed by atoms with van der Waals surface area (Å²) in [5.74, 6) is 1.17. The van der Waals surface area contributed by atoms with Crippen molar-refractivity contribution >= 4 is 21.6 Å². The van der Waals surface area contributed by atoms with Gasteiger partial charge in [-0.1, -0.05) is 36.4 Å². The molecule has 0 atom stereocenters. The summed E-state index contributed by atoms with van der Waals surface area (Å²) in [6, 6.07) is 21.8. The molecule has 0 aliphatic heterocycles. The van der Waals surface area contributed by atoms with Crippen molar-refractivity contribution in [3.8, 4) is 17.2 Å². The van der Waals surface area contributed by atoms with E-state index in [1.807, 2.05) is 6.92 Å². The van der Waals surface area contributed by atoms with Crippen molar-refractivity contribution in [3.63, 3.8) is 0 Å². The summed E-state index contributed by atoms with van der Waals surface area (Å²) >= 11 is 0. The van der Waals surface area contributed by atoms with Gasteiger partial charge in [0.05, 0.1) is 30.8 Å². The third-order valence-corrected chi connectivity index (χ3v) is 6.56. The molecule has 1 amide bonds. The van der Waals surface area contributed by atoms with Gasteiger partial charge in [-0.15, -0.1) is 0 Å². The lowest BCUT2D eigenvalue weighted by Crippen LogP contribution is -2.42. The molecule has 0 aliphatic rings. The Morgan fingerprint density at radius 2 is 1.62 bits per heavy atom. The van der Waals surface area contributed by atoms with Gasteiger partial charge in [0.15, 0.2) is 0 Å². The molecule has 3 aromatic rings. The van der Waals surface area contributed by atoms with Crippen LogP contribution in [0.4, 0.5) is 5.69 Å². The molecule has 1 N–H and O–H groups in total. The topological polar surface area (TPSA) is 94.2 Å². The van der Waals surface area contributed by atoms with Crippen molar-refractivity contribution in [2.45, 2.75) is 11.8 Å². The molecule has 0 bridgehead atoms. The monoisotopic (exact) mass is 484 g/mol. The Bertz CT molecular complexity index is 1180. The molecule has 0 fully saturated rings. The van der Waals surface area contributed by atoms with Crippen LogP contribution in [0.25, 0.3) is 0 Å². The van der Waals surface area contributed by atoms with E-state index in [9.17, 15) is 13.2 Å². The molecule has 180 valence electrons. The van der Waals surface area contributed by atoms with Gasteiger partial charge in [0.1, 0.15) is 30.4 Å². The number of sulfonamides is 1. The van der Waals surface area contributed by atoms with Gasteiger partial charge in [-0.05, 0) is 43.3 Å². The molecule has 0 radical (unpaired) electrons. The van der Waals surface area contributed by atoms with Gasteiger partial charge in [-0.2, -0.15) is 0 Å². The summed E-state index contributed by atoms with van der Waals surface area (Å²) in [5.41, 5.74) is 0.288. The number of benzene rings is 3. The largest absolute Gasteiger partial charge is 0.497 e. The minimum Gasteiger partial charge on any atom is -0.497 e. The highest BCUT2D eigenvalue weighted by Crippen LogP contribution is 2.32. The van der Waals surface area contributed by atoms with Crippen molar-refractivity contribution in [1.29, 1.82) is 0 Å². The molecule has 34 heavy (non-hydrogen) atoms. The highest BCUT2D eigenvalue weighted by Gasteiger charge is 2.29. The zero-order valence-corrected chi connectivity index (χ0v) is 20.0. The fraction of sp³-hybridized carbons (Fsp3) is 0.240. The quantitative estimate of drug-likeness (QED) is 0.396. The lowest BCUT2D eigenvalue weighted by molar-refractivity contribution is -0.119. The van der Waals surface area contributed by atoms with Gasteiger partial charge in [0.2, 0.25) is 5.91 Å². The van der Waals surface area contributed by atoms with Gasteiger partial charge in [-0.3, -0.25) is 9.10 Å². The van der Waals surface area contributed by atoms with Gasteiger partial charge >= 0.3 is 0 Å². The van der Waals surface area contributed by atoms with Crippen LogP contribution in [0.3, 0.4) is 0 Å². The van der Waals surface area contributed by atoms with Crippen molar-refractivity contribution < 1.29 is 27.4 Å². The Hall–Kier alpha value is -3.72. The Labute approximate surface area is 200 Å². The summed E-state index contributed by atoms with van der Waals surface area (Å²) < 4.78 is 44.4. The number of amides is 1. The normalized spacial score (nSPS) is 10.9. The second-order valence-electron chi connectivity index (χ2n) is 7.10. The van der Waals surface area contributed by atoms with Crippen LogP contribution in [0.5, 0.6) is 17.2 Å². The molecule has 0 heterocycles. The van der Waals surface area contributed by atoms with Crippen LogP contribution < -0.4 is 23.8 Å². The van der Waals surface area contributed by atoms with Crippen LogP contribution in [-0.4, -0.2) is 47.7 Å². The number of anilines is 1. The highest BCUT2D eigenvalue weighted by atomic mass is 32.2. The van der Waals surface area contributed by atoms with Crippen molar-refractivity contribution in [2.24, 2.45) is 0 Å². The minimum absolute atomic E-state index is 0.0791. The molecule has 0 saturated heterocycles. The number of hydrogen-bond donors (Lipinski definition) is 1. The Morgan fingerprint density at radius 3 is 2.35 bits per heavy atom. The smallest absolute Gasteiger partial charge is 0.264 e. The molecule has 8 nitrogen and oxygen atoms in total. The highest BCUT2D eigenvalue weighted by molar-refractivity contribution is 7.92. The van der Waals surface area contributed by atoms with E-state index in [0.29, 0.717) is 23.9 Å². The van der Waals surface area contributed by atoms with Gasteiger partial charge in [0.25, 0.3) is 10.0 Å². The first-order valence-electron chi connectivity index (χ1n) is 10.8. The molecule has 3 aromatic carbocycles. The van der Waals surface area contributed by atoms with E-state index in [0.717, 1.165) is 4.31 Å². The second kappa shape index (κ2) is 11.9. The molecule has 3 rings (SSSR count). The van der Waals surface area contributed by atoms with Gasteiger partial charge < -0.3 is 19.5 Å². The summed E-state index contributed by atoms with van der Waals surface area (Å²) in [5, 5.41) is 2.71. The average molecular weight is 485 g/mol. The minimum atomic E-state index is -4.02. The van der Waals surface area contributed by atoms with Crippen LogP contribution >= 0.6 is 0 Å². The fourth-order valence-corrected chi connectivity index (χ4v) is 4.65. The average Bonchev–Trinajstić information content (AvgIpc) is 2.86. The Morgan fingerprint density at radius 1 is 0.912 bits per heavy atom. The number of para-hydroxylation sites is 2. The van der Waals surface area contributed by atoms with Gasteiger partial charge in [0, 0.05) is 6.07 Å². The maximum atomic E-state index is 13.5. The third kappa shape index (κ3) is 6.41. The number of hydrogen-bond acceptors (Lipinski definition) is 6. The standard InChI is InChI=1S/C25H28N2O6S/c1-3-32-24-15-8-7-14-23(24)27(34(29,30)22-12-5-4-6-13-22)19-25(28)26-16-17-33-21-11-9-10-20(18-21)31-2/h4-15,18H,3,16-17,19H2,1-2H3,(H,26,28). The SMILES string of the molecule is CCOc1ccccc1N(CC(=O)NCCOc1cccc(OC)c1)S(=O)(=O)c1ccccc1. The number of methoxy groups -OCH3 is 1. The molecule has 0 saturated carbocycles. The van der Waals surface area contributed by atoms with Crippen molar-refractivity contribution in [2.75, 3.05) is 37.7 Å². The number of nitrogens with zero attached hydrogens (tertiary/aromatic N) is 1. The summed E-state index contributed by atoms with van der Waals surface area (Å²) in [6.45, 7) is 2.15. The van der Waals surface area contributed by atoms with Crippen molar-refractivity contribution in [3.05, 3.63) is 78.9 Å². The van der Waals surface area contributed by atoms with Crippen LogP contribution in [-0.2, 0) is 14.8 Å². The number of carbonyl (C=O) groups is 1. The molecule has 0 unspecified atom stereocenters. The van der Waals surface area contributed by atoms with Crippen LogP contribution in [0.1, 0.15) is 6.92 Å². The van der Waals surface area contributed by atoms with E-state index in [-0.39, 0.29) is 23.7 Å². The van der Waals surface area contributed by atoms with E-state index in [1.165, 1.54) is 12.1 Å². The molecule has 0 aromatic heterocycles. The lowest BCUT2D eigenvalue weighted by Gasteiger charge is -2.26. The van der Waals surface area contributed by atoms with Crippen molar-refractivity contribution in [1.82, 2.24) is 5.32 Å². The molecular formula is C25H28N2O6S. The Kier molecular flexibility index (Phi) is 8.75. The summed E-state index contributed by atoms with van der Waals surface area (Å²) in [6.07, 6.45) is 0. The van der Waals surface area contributed by atoms with Crippen LogP contribution in [0.15, 0.2) is 83.8 Å². The van der Waals surface area contributed by atoms with Crippen LogP contribution in [0.2, 0.25) is 0 Å². The number of nitrogens with one attached hydrogen (secondary N) is 1. The number of carbonyl (C=O) groups excluding carboxylic acids is 1. The summed E-state index contributed by atoms with van der Waals surface area (Å²) in [4.78, 5) is 12.8. The molecular weight excluding hydrogens is 456 g/mol. The lowest BCUT2D eigenvalue weighted by atomic mass is 10.3. The third-order valence-electron chi connectivity index (χ3n) is 4.79. The second-order valence-corrected chi connectivity index (χ2v) is 8.97. The zero-order chi connectivity index (χ0) is 24.4. The maximum Gasteiger partial charge on any atom is 0.264 e. The van der Waals surface area contributed by atoms with E-state index in [2.05, 4.69) is 5.32 Å². The van der Waals surface area contributed by atoms with E-state index < -0.39 is 22.5 Å². The fourth-order valence-electron chi connectivity index (χ4n) is 3.20. The predicted molar refractivity (Wildman–Crippen MR) is 130 cm³/mol. The maximum absolute atomic E-state index is 13.5. The Balaban J connectivity index is 1.73. The van der Waals surface area contributed by atoms with Crippen LogP contribution in [0, 0.1) is 0 Å². The molecule has 0 spiro atoms. The number of ether oxygens (including phenoxy) is 3. The number of rotatable bonds is 12. The van der Waals surface area contributed by atoms with E-state index >= 15 is 0 Å². The van der Waals surface area contributed by atoms with E-state index in [1.54, 1.807) is 73.8 Å².